The van der Waals surface area contributed by atoms with Gasteiger partial charge in [-0.15, -0.1) is 0 Å². The summed E-state index contributed by atoms with van der Waals surface area (Å²) >= 11 is 0. The molecule has 1 saturated heterocycles. The maximum Gasteiger partial charge on any atom is 0.233 e. The van der Waals surface area contributed by atoms with E-state index in [1.807, 2.05) is 18.2 Å². The molecule has 5 heteroatoms. The zero-order valence-corrected chi connectivity index (χ0v) is 10.2. The number of hydrogen-bond acceptors (Lipinski definition) is 3. The molecule has 0 aromatic heterocycles. The first-order chi connectivity index (χ1) is 9.08. The minimum absolute atomic E-state index is 0.00315. The molecule has 3 aliphatic rings. The molecule has 3 amide bonds. The van der Waals surface area contributed by atoms with Crippen molar-refractivity contribution in [2.45, 2.75) is 19.3 Å². The third-order valence-corrected chi connectivity index (χ3v) is 4.40. The number of nitrogens with one attached hydrogen (secondary N) is 2. The fraction of sp³-hybridized carbons (Fsp3) is 0.357. The molecular weight excluding hydrogens is 244 g/mol. The van der Waals surface area contributed by atoms with Gasteiger partial charge in [0.1, 0.15) is 0 Å². The van der Waals surface area contributed by atoms with Gasteiger partial charge >= 0.3 is 0 Å². The second-order valence-corrected chi connectivity index (χ2v) is 5.62. The van der Waals surface area contributed by atoms with Crippen LogP contribution >= 0.6 is 0 Å². The van der Waals surface area contributed by atoms with Crippen molar-refractivity contribution < 1.29 is 14.4 Å². The Morgan fingerprint density at radius 1 is 1.21 bits per heavy atom. The van der Waals surface area contributed by atoms with Gasteiger partial charge in [-0.2, -0.15) is 0 Å². The van der Waals surface area contributed by atoms with Crippen LogP contribution in [-0.2, 0) is 27.2 Å². The van der Waals surface area contributed by atoms with Crippen LogP contribution in [0.15, 0.2) is 18.2 Å². The highest BCUT2D eigenvalue weighted by Crippen LogP contribution is 2.58. The fourth-order valence-corrected chi connectivity index (χ4v) is 3.26. The molecule has 2 unspecified atom stereocenters. The average Bonchev–Trinajstić information content (AvgIpc) is 2.89. The average molecular weight is 256 g/mol. The largest absolute Gasteiger partial charge is 0.326 e. The molecule has 2 aliphatic heterocycles. The monoisotopic (exact) mass is 256 g/mol. The summed E-state index contributed by atoms with van der Waals surface area (Å²) in [4.78, 5) is 34.6. The number of rotatable bonds is 2. The van der Waals surface area contributed by atoms with E-state index in [-0.39, 0.29) is 23.6 Å². The smallest absolute Gasteiger partial charge is 0.233 e. The minimum atomic E-state index is -0.513. The lowest BCUT2D eigenvalue weighted by atomic mass is 9.93. The van der Waals surface area contributed by atoms with E-state index in [1.54, 1.807) is 0 Å². The molecule has 5 nitrogen and oxygen atoms in total. The van der Waals surface area contributed by atoms with Gasteiger partial charge in [0.25, 0.3) is 0 Å². The molecule has 2 atom stereocenters. The number of carbonyl (C=O) groups excluding carboxylic acids is 3. The molecule has 1 aromatic rings. The highest BCUT2D eigenvalue weighted by atomic mass is 16.2. The maximum absolute atomic E-state index is 11.8. The number of hydrogen-bond donors (Lipinski definition) is 2. The van der Waals surface area contributed by atoms with Gasteiger partial charge in [-0.1, -0.05) is 12.1 Å². The van der Waals surface area contributed by atoms with Gasteiger partial charge in [0, 0.05) is 5.69 Å². The summed E-state index contributed by atoms with van der Waals surface area (Å²) in [5.74, 6) is -0.420. The predicted molar refractivity (Wildman–Crippen MR) is 66.2 cm³/mol. The summed E-state index contributed by atoms with van der Waals surface area (Å²) in [6.45, 7) is 0. The Hall–Kier alpha value is -2.17. The second-order valence-electron chi connectivity index (χ2n) is 5.62. The maximum atomic E-state index is 11.8. The molecule has 1 aliphatic carbocycles. The first-order valence-corrected chi connectivity index (χ1v) is 6.35. The van der Waals surface area contributed by atoms with Gasteiger partial charge in [0.2, 0.25) is 17.7 Å². The van der Waals surface area contributed by atoms with Crippen LogP contribution in [0.5, 0.6) is 0 Å². The first kappa shape index (κ1) is 10.7. The van der Waals surface area contributed by atoms with Crippen LogP contribution in [0.25, 0.3) is 0 Å². The van der Waals surface area contributed by atoms with E-state index in [1.165, 1.54) is 0 Å². The van der Waals surface area contributed by atoms with Crippen LogP contribution in [0.4, 0.5) is 5.69 Å². The Morgan fingerprint density at radius 3 is 2.74 bits per heavy atom. The topological polar surface area (TPSA) is 75.3 Å². The SMILES string of the molecule is O=C1Cc2cc(CC34CC3C(=O)NC4=O)ccc2N1. The fourth-order valence-electron chi connectivity index (χ4n) is 3.26. The molecule has 0 bridgehead atoms. The molecule has 19 heavy (non-hydrogen) atoms. The lowest BCUT2D eigenvalue weighted by Gasteiger charge is -2.10. The molecule has 1 saturated carbocycles. The molecular formula is C14H12N2O3. The number of fused-ring (bicyclic) bond motifs is 2. The predicted octanol–water partition coefficient (Wildman–Crippen LogP) is 0.386. The van der Waals surface area contributed by atoms with Crippen LogP contribution in [-0.4, -0.2) is 17.7 Å². The Labute approximate surface area is 109 Å². The summed E-state index contributed by atoms with van der Waals surface area (Å²) in [5, 5.41) is 5.17. The zero-order chi connectivity index (χ0) is 13.2. The van der Waals surface area contributed by atoms with E-state index in [2.05, 4.69) is 10.6 Å². The van der Waals surface area contributed by atoms with Crippen molar-refractivity contribution in [2.75, 3.05) is 5.32 Å². The third kappa shape index (κ3) is 1.38. The molecule has 2 heterocycles. The van der Waals surface area contributed by atoms with E-state index in [0.29, 0.717) is 19.3 Å². The van der Waals surface area contributed by atoms with Gasteiger partial charge in [-0.05, 0) is 30.0 Å². The number of imide groups is 1. The van der Waals surface area contributed by atoms with E-state index in [9.17, 15) is 14.4 Å². The van der Waals surface area contributed by atoms with Crippen molar-refractivity contribution in [2.24, 2.45) is 11.3 Å². The minimum Gasteiger partial charge on any atom is -0.326 e. The third-order valence-electron chi connectivity index (χ3n) is 4.40. The lowest BCUT2D eigenvalue weighted by Crippen LogP contribution is -2.29. The highest BCUT2D eigenvalue weighted by molar-refractivity contribution is 6.11. The summed E-state index contributed by atoms with van der Waals surface area (Å²) in [7, 11) is 0. The van der Waals surface area contributed by atoms with E-state index in [4.69, 9.17) is 0 Å². The molecule has 2 N–H and O–H groups in total. The zero-order valence-electron chi connectivity index (χ0n) is 10.2. The Morgan fingerprint density at radius 2 is 2.05 bits per heavy atom. The summed E-state index contributed by atoms with van der Waals surface area (Å²) in [6, 6.07) is 5.76. The summed E-state index contributed by atoms with van der Waals surface area (Å²) < 4.78 is 0. The van der Waals surface area contributed by atoms with E-state index >= 15 is 0 Å². The number of piperidine rings is 1. The molecule has 0 radical (unpaired) electrons. The van der Waals surface area contributed by atoms with Crippen molar-refractivity contribution in [3.63, 3.8) is 0 Å². The number of benzene rings is 1. The molecule has 0 spiro atoms. The number of anilines is 1. The summed E-state index contributed by atoms with van der Waals surface area (Å²) in [6.07, 6.45) is 1.63. The van der Waals surface area contributed by atoms with Crippen LogP contribution in [0.2, 0.25) is 0 Å². The Kier molecular flexibility index (Phi) is 1.82. The number of amides is 3. The van der Waals surface area contributed by atoms with Crippen molar-refractivity contribution >= 4 is 23.4 Å². The van der Waals surface area contributed by atoms with Gasteiger partial charge in [-0.25, -0.2) is 0 Å². The molecule has 96 valence electrons. The quantitative estimate of drug-likeness (QED) is 0.751. The van der Waals surface area contributed by atoms with Crippen LogP contribution in [0, 0.1) is 11.3 Å². The van der Waals surface area contributed by atoms with Gasteiger partial charge in [0.05, 0.1) is 17.8 Å². The van der Waals surface area contributed by atoms with Crippen molar-refractivity contribution in [3.05, 3.63) is 29.3 Å². The van der Waals surface area contributed by atoms with Gasteiger partial charge in [-0.3, -0.25) is 19.7 Å². The molecule has 4 rings (SSSR count). The first-order valence-electron chi connectivity index (χ1n) is 6.35. The summed E-state index contributed by atoms with van der Waals surface area (Å²) in [5.41, 5.74) is 2.33. The molecule has 1 aromatic carbocycles. The standard InChI is InChI=1S/C14H12N2O3/c17-11-4-8-3-7(1-2-10(8)15-11)5-14-6-9(14)12(18)16-13(14)19/h1-3,9H,4-6H2,(H,15,17)(H,16,18,19). The second kappa shape index (κ2) is 3.23. The lowest BCUT2D eigenvalue weighted by molar-refractivity contribution is -0.128. The number of carbonyl (C=O) groups is 3. The van der Waals surface area contributed by atoms with E-state index < -0.39 is 5.41 Å². The van der Waals surface area contributed by atoms with Gasteiger partial charge < -0.3 is 5.32 Å². The van der Waals surface area contributed by atoms with Crippen molar-refractivity contribution in [1.82, 2.24) is 5.32 Å². The molecule has 2 fully saturated rings. The van der Waals surface area contributed by atoms with E-state index in [0.717, 1.165) is 16.8 Å². The highest BCUT2D eigenvalue weighted by Gasteiger charge is 2.68. The van der Waals surface area contributed by atoms with Crippen LogP contribution in [0.1, 0.15) is 17.5 Å². The van der Waals surface area contributed by atoms with Crippen LogP contribution in [0.3, 0.4) is 0 Å². The Balaban J connectivity index is 1.63. The normalized spacial score (nSPS) is 30.7. The van der Waals surface area contributed by atoms with Crippen molar-refractivity contribution in [1.29, 1.82) is 0 Å². The van der Waals surface area contributed by atoms with Crippen LogP contribution < -0.4 is 10.6 Å². The van der Waals surface area contributed by atoms with Gasteiger partial charge in [0.15, 0.2) is 0 Å². The Bertz CT molecular complexity index is 652. The van der Waals surface area contributed by atoms with Crippen molar-refractivity contribution in [3.8, 4) is 0 Å².